The van der Waals surface area contributed by atoms with Crippen molar-refractivity contribution < 1.29 is 19.0 Å². The van der Waals surface area contributed by atoms with Crippen LogP contribution in [0, 0.1) is 5.82 Å². The van der Waals surface area contributed by atoms with Gasteiger partial charge in [-0.2, -0.15) is 0 Å². The normalized spacial score (nSPS) is 10.2. The van der Waals surface area contributed by atoms with Crippen LogP contribution >= 0.6 is 11.6 Å². The highest BCUT2D eigenvalue weighted by Crippen LogP contribution is 2.24. The summed E-state index contributed by atoms with van der Waals surface area (Å²) in [5, 5.41) is 13.0. The summed E-state index contributed by atoms with van der Waals surface area (Å²) in [5.74, 6) is -1.01. The molecule has 0 spiro atoms. The van der Waals surface area contributed by atoms with E-state index in [4.69, 9.17) is 11.6 Å². The molecular formula is C15H13ClFNO3. The van der Waals surface area contributed by atoms with Crippen LogP contribution in [0.1, 0.15) is 15.9 Å². The van der Waals surface area contributed by atoms with Gasteiger partial charge in [-0.05, 0) is 36.4 Å². The zero-order valence-corrected chi connectivity index (χ0v) is 11.9. The Kier molecular flexibility index (Phi) is 4.65. The standard InChI is InChI=1S/C15H13ClFNO3/c1-21-15(20)9-2-4-12(17)13(7-9)18-8-10-6-11(16)3-5-14(10)19/h2-7,18-19H,8H2,1H3. The van der Waals surface area contributed by atoms with Gasteiger partial charge >= 0.3 is 5.97 Å². The molecule has 2 rings (SSSR count). The van der Waals surface area contributed by atoms with Gasteiger partial charge in [-0.15, -0.1) is 0 Å². The smallest absolute Gasteiger partial charge is 0.337 e. The maximum atomic E-state index is 13.7. The van der Waals surface area contributed by atoms with Crippen LogP contribution in [0.15, 0.2) is 36.4 Å². The SMILES string of the molecule is COC(=O)c1ccc(F)c(NCc2cc(Cl)ccc2O)c1. The fourth-order valence-electron chi connectivity index (χ4n) is 1.79. The Hall–Kier alpha value is -2.27. The minimum absolute atomic E-state index is 0.0523. The topological polar surface area (TPSA) is 58.6 Å². The molecule has 0 fully saturated rings. The van der Waals surface area contributed by atoms with Gasteiger partial charge in [0.05, 0.1) is 18.4 Å². The zero-order chi connectivity index (χ0) is 15.4. The number of hydrogen-bond donors (Lipinski definition) is 2. The molecule has 0 atom stereocenters. The summed E-state index contributed by atoms with van der Waals surface area (Å²) in [6, 6.07) is 8.45. The lowest BCUT2D eigenvalue weighted by Gasteiger charge is -2.10. The van der Waals surface area contributed by atoms with Crippen LogP contribution in [-0.4, -0.2) is 18.2 Å². The molecule has 0 aromatic heterocycles. The molecule has 6 heteroatoms. The molecule has 110 valence electrons. The van der Waals surface area contributed by atoms with Crippen molar-refractivity contribution in [2.75, 3.05) is 12.4 Å². The van der Waals surface area contributed by atoms with Crippen LogP contribution < -0.4 is 5.32 Å². The van der Waals surface area contributed by atoms with Crippen LogP contribution in [0.5, 0.6) is 5.75 Å². The van der Waals surface area contributed by atoms with Crippen molar-refractivity contribution in [3.63, 3.8) is 0 Å². The van der Waals surface area contributed by atoms with Gasteiger partial charge < -0.3 is 15.2 Å². The van der Waals surface area contributed by atoms with Gasteiger partial charge in [-0.3, -0.25) is 0 Å². The van der Waals surface area contributed by atoms with Crippen LogP contribution in [0.4, 0.5) is 10.1 Å². The number of aromatic hydroxyl groups is 1. The second-order valence-electron chi connectivity index (χ2n) is 4.31. The number of esters is 1. The first-order chi connectivity index (χ1) is 10.0. The van der Waals surface area contributed by atoms with Crippen molar-refractivity contribution in [2.45, 2.75) is 6.54 Å². The number of phenolic OH excluding ortho intramolecular Hbond substituents is 1. The number of anilines is 1. The third-order valence-electron chi connectivity index (χ3n) is 2.90. The number of halogens is 2. The van der Waals surface area contributed by atoms with Gasteiger partial charge in [-0.1, -0.05) is 11.6 Å². The minimum atomic E-state index is -0.552. The molecule has 2 aromatic rings. The molecule has 0 bridgehead atoms. The Balaban J connectivity index is 2.19. The number of ether oxygens (including phenoxy) is 1. The molecule has 21 heavy (non-hydrogen) atoms. The second-order valence-corrected chi connectivity index (χ2v) is 4.75. The summed E-state index contributed by atoms with van der Waals surface area (Å²) in [7, 11) is 1.25. The van der Waals surface area contributed by atoms with Gasteiger partial charge in [0.2, 0.25) is 0 Å². The van der Waals surface area contributed by atoms with E-state index in [1.165, 1.54) is 31.4 Å². The van der Waals surface area contributed by atoms with E-state index in [1.807, 2.05) is 0 Å². The predicted molar refractivity (Wildman–Crippen MR) is 78.2 cm³/mol. The zero-order valence-electron chi connectivity index (χ0n) is 11.2. The molecule has 0 aliphatic rings. The lowest BCUT2D eigenvalue weighted by molar-refractivity contribution is 0.0600. The Labute approximate surface area is 126 Å². The lowest BCUT2D eigenvalue weighted by Crippen LogP contribution is -2.06. The minimum Gasteiger partial charge on any atom is -0.508 e. The van der Waals surface area contributed by atoms with Gasteiger partial charge in [0.25, 0.3) is 0 Å². The van der Waals surface area contributed by atoms with Gasteiger partial charge in [-0.25, -0.2) is 9.18 Å². The summed E-state index contributed by atoms with van der Waals surface area (Å²) < 4.78 is 18.3. The fourth-order valence-corrected chi connectivity index (χ4v) is 1.99. The molecule has 4 nitrogen and oxygen atoms in total. The van der Waals surface area contributed by atoms with Crippen molar-refractivity contribution in [3.05, 3.63) is 58.4 Å². The summed E-state index contributed by atoms with van der Waals surface area (Å²) in [6.07, 6.45) is 0. The first kappa shape index (κ1) is 15.1. The van der Waals surface area contributed by atoms with Crippen LogP contribution in [0.25, 0.3) is 0 Å². The third-order valence-corrected chi connectivity index (χ3v) is 3.13. The first-order valence-electron chi connectivity index (χ1n) is 6.10. The number of rotatable bonds is 4. The molecule has 0 heterocycles. The number of nitrogens with one attached hydrogen (secondary N) is 1. The van der Waals surface area contributed by atoms with Crippen molar-refractivity contribution >= 4 is 23.3 Å². The number of carbonyl (C=O) groups is 1. The number of benzene rings is 2. The highest BCUT2D eigenvalue weighted by molar-refractivity contribution is 6.30. The molecule has 0 amide bonds. The van der Waals surface area contributed by atoms with E-state index < -0.39 is 11.8 Å². The van der Waals surface area contributed by atoms with Crippen LogP contribution in [-0.2, 0) is 11.3 Å². The maximum absolute atomic E-state index is 13.7. The third kappa shape index (κ3) is 3.64. The van der Waals surface area contributed by atoms with E-state index in [9.17, 15) is 14.3 Å². The quantitative estimate of drug-likeness (QED) is 0.848. The Bertz CT molecular complexity index is 676. The highest BCUT2D eigenvalue weighted by atomic mass is 35.5. The monoisotopic (exact) mass is 309 g/mol. The summed E-state index contributed by atoms with van der Waals surface area (Å²) in [5.41, 5.74) is 0.888. The maximum Gasteiger partial charge on any atom is 0.337 e. The molecule has 2 aromatic carbocycles. The van der Waals surface area contributed by atoms with E-state index in [0.29, 0.717) is 10.6 Å². The molecule has 0 saturated heterocycles. The van der Waals surface area contributed by atoms with Crippen molar-refractivity contribution in [3.8, 4) is 5.75 Å². The van der Waals surface area contributed by atoms with Crippen molar-refractivity contribution in [1.29, 1.82) is 0 Å². The van der Waals surface area contributed by atoms with E-state index >= 15 is 0 Å². The molecule has 0 unspecified atom stereocenters. The molecule has 0 aliphatic heterocycles. The second kappa shape index (κ2) is 6.45. The number of carbonyl (C=O) groups excluding carboxylic acids is 1. The highest BCUT2D eigenvalue weighted by Gasteiger charge is 2.10. The number of phenols is 1. The molecule has 0 radical (unpaired) electrons. The van der Waals surface area contributed by atoms with E-state index in [0.717, 1.165) is 0 Å². The molecule has 0 aliphatic carbocycles. The van der Waals surface area contributed by atoms with Crippen LogP contribution in [0.3, 0.4) is 0 Å². The molecule has 0 saturated carbocycles. The van der Waals surface area contributed by atoms with E-state index in [-0.39, 0.29) is 23.5 Å². The van der Waals surface area contributed by atoms with Crippen molar-refractivity contribution in [2.24, 2.45) is 0 Å². The van der Waals surface area contributed by atoms with Gasteiger partial charge in [0.1, 0.15) is 11.6 Å². The predicted octanol–water partition coefficient (Wildman–Crippen LogP) is 3.58. The average molecular weight is 310 g/mol. The summed E-state index contributed by atoms with van der Waals surface area (Å²) >= 11 is 5.84. The van der Waals surface area contributed by atoms with E-state index in [1.54, 1.807) is 12.1 Å². The lowest BCUT2D eigenvalue weighted by atomic mass is 10.1. The summed E-state index contributed by atoms with van der Waals surface area (Å²) in [6.45, 7) is 0.161. The fraction of sp³-hybridized carbons (Fsp3) is 0.133. The molecule has 2 N–H and O–H groups in total. The van der Waals surface area contributed by atoms with Crippen molar-refractivity contribution in [1.82, 2.24) is 0 Å². The molecular weight excluding hydrogens is 297 g/mol. The Morgan fingerprint density at radius 1 is 1.33 bits per heavy atom. The van der Waals surface area contributed by atoms with Gasteiger partial charge in [0, 0.05) is 17.1 Å². The number of hydrogen-bond acceptors (Lipinski definition) is 4. The Morgan fingerprint density at radius 2 is 2.10 bits per heavy atom. The first-order valence-corrected chi connectivity index (χ1v) is 6.48. The summed E-state index contributed by atoms with van der Waals surface area (Å²) in [4.78, 5) is 11.4. The van der Waals surface area contributed by atoms with Gasteiger partial charge in [0.15, 0.2) is 0 Å². The number of methoxy groups -OCH3 is 1. The average Bonchev–Trinajstić information content (AvgIpc) is 2.48. The Morgan fingerprint density at radius 3 is 2.81 bits per heavy atom. The van der Waals surface area contributed by atoms with E-state index in [2.05, 4.69) is 10.1 Å². The largest absolute Gasteiger partial charge is 0.508 e. The van der Waals surface area contributed by atoms with Crippen LogP contribution in [0.2, 0.25) is 5.02 Å².